The van der Waals surface area contributed by atoms with E-state index in [1.54, 1.807) is 6.20 Å². The highest BCUT2D eigenvalue weighted by Gasteiger charge is 2.13. The molecule has 4 rings (SSSR count). The zero-order valence-corrected chi connectivity index (χ0v) is 19.0. The molecule has 0 aliphatic heterocycles. The predicted octanol–water partition coefficient (Wildman–Crippen LogP) is 4.50. The molecule has 1 N–H and O–H groups in total. The normalized spacial score (nSPS) is 11.4. The minimum atomic E-state index is 0.628. The molecule has 166 valence electrons. The minimum absolute atomic E-state index is 0.628. The summed E-state index contributed by atoms with van der Waals surface area (Å²) in [5, 5.41) is 19.1. The van der Waals surface area contributed by atoms with Crippen LogP contribution in [0, 0.1) is 5.92 Å². The average molecular weight is 431 g/mol. The Balaban J connectivity index is 1.54. The molecule has 0 saturated heterocycles. The molecule has 32 heavy (non-hydrogen) atoms. The van der Waals surface area contributed by atoms with E-state index in [1.807, 2.05) is 12.3 Å². The summed E-state index contributed by atoms with van der Waals surface area (Å²) < 4.78 is 2.08. The van der Waals surface area contributed by atoms with Crippen molar-refractivity contribution in [2.45, 2.75) is 59.4 Å². The van der Waals surface area contributed by atoms with Gasteiger partial charge in [-0.2, -0.15) is 5.10 Å². The van der Waals surface area contributed by atoms with Gasteiger partial charge in [0.15, 0.2) is 11.6 Å². The Morgan fingerprint density at radius 3 is 2.59 bits per heavy atom. The van der Waals surface area contributed by atoms with E-state index in [9.17, 15) is 0 Å². The standard InChI is InChI=1S/C24H30N8/c1-4-5-6-23-26-22(12-7-17(2)3)29-32(23)16-18-8-10-19(11-9-18)21-15-25-14-13-20(21)24-27-30-31-28-24/h8-11,13-15,17H,4-7,12,16H2,1-3H3,(H,27,28,30,31). The number of nitrogens with one attached hydrogen (secondary N) is 1. The van der Waals surface area contributed by atoms with E-state index in [2.05, 4.69) is 75.3 Å². The van der Waals surface area contributed by atoms with Gasteiger partial charge in [0.1, 0.15) is 5.82 Å². The molecular weight excluding hydrogens is 400 g/mol. The number of unbranched alkanes of at least 4 members (excludes halogenated alkanes) is 1. The maximum Gasteiger partial charge on any atom is 0.180 e. The Kier molecular flexibility index (Phi) is 6.99. The largest absolute Gasteiger partial charge is 0.264 e. The lowest BCUT2D eigenvalue weighted by Crippen LogP contribution is -2.07. The number of rotatable bonds is 10. The first-order chi connectivity index (χ1) is 15.6. The van der Waals surface area contributed by atoms with Crippen LogP contribution < -0.4 is 0 Å². The van der Waals surface area contributed by atoms with Gasteiger partial charge in [0.25, 0.3) is 0 Å². The lowest BCUT2D eigenvalue weighted by Gasteiger charge is -2.09. The first kappa shape index (κ1) is 21.8. The summed E-state index contributed by atoms with van der Waals surface area (Å²) in [6.07, 6.45) is 8.87. The molecular formula is C24H30N8. The average Bonchev–Trinajstić information content (AvgIpc) is 3.47. The predicted molar refractivity (Wildman–Crippen MR) is 124 cm³/mol. The molecule has 0 fully saturated rings. The van der Waals surface area contributed by atoms with Crippen molar-refractivity contribution in [3.63, 3.8) is 0 Å². The molecule has 0 aliphatic rings. The number of H-pyrrole nitrogens is 1. The molecule has 8 nitrogen and oxygen atoms in total. The monoisotopic (exact) mass is 430 g/mol. The fraction of sp³-hybridized carbons (Fsp3) is 0.417. The SMILES string of the molecule is CCCCc1nc(CCC(C)C)nn1Cc1ccc(-c2cnccc2-c2nnn[nH]2)cc1. The molecule has 0 unspecified atom stereocenters. The van der Waals surface area contributed by atoms with E-state index in [0.29, 0.717) is 11.7 Å². The quantitative estimate of drug-likeness (QED) is 0.398. The van der Waals surface area contributed by atoms with Crippen LogP contribution in [0.15, 0.2) is 42.7 Å². The molecule has 3 aromatic heterocycles. The molecule has 0 amide bonds. The second kappa shape index (κ2) is 10.3. The fourth-order valence-corrected chi connectivity index (χ4v) is 3.66. The van der Waals surface area contributed by atoms with Crippen LogP contribution in [0.25, 0.3) is 22.5 Å². The molecule has 8 heteroatoms. The number of aromatic amines is 1. The maximum atomic E-state index is 4.84. The van der Waals surface area contributed by atoms with Crippen LogP contribution in [0.1, 0.15) is 57.2 Å². The number of hydrogen-bond donors (Lipinski definition) is 1. The van der Waals surface area contributed by atoms with Crippen LogP contribution in [0.5, 0.6) is 0 Å². The summed E-state index contributed by atoms with van der Waals surface area (Å²) in [6, 6.07) is 10.4. The van der Waals surface area contributed by atoms with Gasteiger partial charge >= 0.3 is 0 Å². The highest BCUT2D eigenvalue weighted by molar-refractivity contribution is 5.79. The minimum Gasteiger partial charge on any atom is -0.264 e. The fourth-order valence-electron chi connectivity index (χ4n) is 3.66. The van der Waals surface area contributed by atoms with Gasteiger partial charge in [-0.3, -0.25) is 4.98 Å². The maximum absolute atomic E-state index is 4.84. The van der Waals surface area contributed by atoms with Crippen LogP contribution in [0.3, 0.4) is 0 Å². The Morgan fingerprint density at radius 2 is 1.88 bits per heavy atom. The molecule has 0 bridgehead atoms. The van der Waals surface area contributed by atoms with Crippen molar-refractivity contribution in [1.82, 2.24) is 40.4 Å². The highest BCUT2D eigenvalue weighted by Crippen LogP contribution is 2.29. The van der Waals surface area contributed by atoms with Gasteiger partial charge in [-0.15, -0.1) is 5.10 Å². The molecule has 0 radical (unpaired) electrons. The second-order valence-electron chi connectivity index (χ2n) is 8.51. The third kappa shape index (κ3) is 5.25. The Morgan fingerprint density at radius 1 is 1.03 bits per heavy atom. The zero-order chi connectivity index (χ0) is 22.3. The molecule has 0 aliphatic carbocycles. The molecule has 0 atom stereocenters. The lowest BCUT2D eigenvalue weighted by molar-refractivity contribution is 0.567. The summed E-state index contributed by atoms with van der Waals surface area (Å²) in [7, 11) is 0. The van der Waals surface area contributed by atoms with Crippen molar-refractivity contribution in [2.75, 3.05) is 0 Å². The van der Waals surface area contributed by atoms with Crippen molar-refractivity contribution >= 4 is 0 Å². The van der Waals surface area contributed by atoms with Crippen molar-refractivity contribution in [2.24, 2.45) is 5.92 Å². The summed E-state index contributed by atoms with van der Waals surface area (Å²) in [5.74, 6) is 3.33. The number of hydrogen-bond acceptors (Lipinski definition) is 6. The number of aromatic nitrogens is 8. The Hall–Kier alpha value is -3.42. The van der Waals surface area contributed by atoms with Gasteiger partial charge < -0.3 is 0 Å². The van der Waals surface area contributed by atoms with Crippen molar-refractivity contribution < 1.29 is 0 Å². The van der Waals surface area contributed by atoms with Gasteiger partial charge in [-0.1, -0.05) is 51.5 Å². The summed E-state index contributed by atoms with van der Waals surface area (Å²) >= 11 is 0. The van der Waals surface area contributed by atoms with Gasteiger partial charge in [0, 0.05) is 36.4 Å². The number of aryl methyl sites for hydroxylation is 2. The van der Waals surface area contributed by atoms with Crippen molar-refractivity contribution in [1.29, 1.82) is 0 Å². The Labute approximate surface area is 188 Å². The highest BCUT2D eigenvalue weighted by atomic mass is 15.5. The lowest BCUT2D eigenvalue weighted by atomic mass is 10.0. The van der Waals surface area contributed by atoms with Crippen molar-refractivity contribution in [3.05, 3.63) is 59.9 Å². The molecule has 4 aromatic rings. The third-order valence-electron chi connectivity index (χ3n) is 5.51. The van der Waals surface area contributed by atoms with Crippen LogP contribution in [0.4, 0.5) is 0 Å². The summed E-state index contributed by atoms with van der Waals surface area (Å²) in [4.78, 5) is 9.13. The smallest absolute Gasteiger partial charge is 0.180 e. The molecule has 0 saturated carbocycles. The summed E-state index contributed by atoms with van der Waals surface area (Å²) in [5.41, 5.74) is 4.16. The van der Waals surface area contributed by atoms with E-state index in [1.165, 1.54) is 5.56 Å². The van der Waals surface area contributed by atoms with Crippen LogP contribution >= 0.6 is 0 Å². The van der Waals surface area contributed by atoms with Gasteiger partial charge in [0.2, 0.25) is 0 Å². The van der Waals surface area contributed by atoms with Gasteiger partial charge in [-0.25, -0.2) is 14.8 Å². The van der Waals surface area contributed by atoms with Crippen molar-refractivity contribution in [3.8, 4) is 22.5 Å². The number of nitrogens with zero attached hydrogens (tertiary/aromatic N) is 7. The number of pyridine rings is 1. The second-order valence-corrected chi connectivity index (χ2v) is 8.51. The van der Waals surface area contributed by atoms with E-state index in [-0.39, 0.29) is 0 Å². The third-order valence-corrected chi connectivity index (χ3v) is 5.51. The molecule has 3 heterocycles. The van der Waals surface area contributed by atoms with Gasteiger partial charge in [0.05, 0.1) is 6.54 Å². The van der Waals surface area contributed by atoms with E-state index in [0.717, 1.165) is 67.0 Å². The van der Waals surface area contributed by atoms with E-state index in [4.69, 9.17) is 10.1 Å². The first-order valence-corrected chi connectivity index (χ1v) is 11.3. The molecule has 1 aromatic carbocycles. The number of tetrazole rings is 1. The van der Waals surface area contributed by atoms with E-state index >= 15 is 0 Å². The van der Waals surface area contributed by atoms with Crippen LogP contribution in [-0.2, 0) is 19.4 Å². The zero-order valence-electron chi connectivity index (χ0n) is 19.0. The number of benzene rings is 1. The van der Waals surface area contributed by atoms with Crippen LogP contribution in [0.2, 0.25) is 0 Å². The van der Waals surface area contributed by atoms with Gasteiger partial charge in [-0.05, 0) is 46.4 Å². The first-order valence-electron chi connectivity index (χ1n) is 11.3. The summed E-state index contributed by atoms with van der Waals surface area (Å²) in [6.45, 7) is 7.41. The topological polar surface area (TPSA) is 98.1 Å². The molecule has 0 spiro atoms. The Bertz CT molecular complexity index is 1110. The van der Waals surface area contributed by atoms with E-state index < -0.39 is 0 Å². The van der Waals surface area contributed by atoms with Crippen LogP contribution in [-0.4, -0.2) is 40.4 Å².